The zero-order valence-corrected chi connectivity index (χ0v) is 12.1. The van der Waals surface area contributed by atoms with Crippen LogP contribution >= 0.6 is 0 Å². The van der Waals surface area contributed by atoms with E-state index >= 15 is 0 Å². The Morgan fingerprint density at radius 1 is 1.37 bits per heavy atom. The molecule has 2 rings (SSSR count). The van der Waals surface area contributed by atoms with Crippen molar-refractivity contribution in [2.24, 2.45) is 5.73 Å². The van der Waals surface area contributed by atoms with Crippen LogP contribution < -0.4 is 5.73 Å². The predicted octanol–water partition coefficient (Wildman–Crippen LogP) is 1.91. The van der Waals surface area contributed by atoms with Gasteiger partial charge in [-0.3, -0.25) is 4.68 Å². The molecule has 108 valence electrons. The van der Waals surface area contributed by atoms with Crippen LogP contribution in [-0.4, -0.2) is 33.5 Å². The van der Waals surface area contributed by atoms with Crippen LogP contribution in [0.1, 0.15) is 51.3 Å². The van der Waals surface area contributed by atoms with Crippen LogP contribution in [0.3, 0.4) is 0 Å². The monoisotopic (exact) mass is 266 g/mol. The predicted molar refractivity (Wildman–Crippen MR) is 74.8 cm³/mol. The second-order valence-electron chi connectivity index (χ2n) is 5.49. The third kappa shape index (κ3) is 3.15. The summed E-state index contributed by atoms with van der Waals surface area (Å²) in [6.45, 7) is 2.91. The van der Waals surface area contributed by atoms with E-state index < -0.39 is 0 Å². The fourth-order valence-corrected chi connectivity index (χ4v) is 3.15. The van der Waals surface area contributed by atoms with Gasteiger partial charge in [-0.05, 0) is 19.8 Å². The lowest BCUT2D eigenvalue weighted by Gasteiger charge is -2.37. The van der Waals surface area contributed by atoms with Gasteiger partial charge in [-0.15, -0.1) is 0 Å². The summed E-state index contributed by atoms with van der Waals surface area (Å²) in [7, 11) is 1.80. The lowest BCUT2D eigenvalue weighted by Crippen LogP contribution is -2.50. The number of hydrogen-bond acceptors (Lipinski definition) is 4. The standard InChI is InChI=1S/C14H26N4O/c1-3-18-13(16-11-17-18)10-12(15)14(19-2)8-6-4-5-7-9-14/h11-12H,3-10,15H2,1-2H3. The van der Waals surface area contributed by atoms with Gasteiger partial charge < -0.3 is 10.5 Å². The van der Waals surface area contributed by atoms with E-state index in [0.717, 1.165) is 31.6 Å². The van der Waals surface area contributed by atoms with Crippen molar-refractivity contribution >= 4 is 0 Å². The molecule has 0 saturated heterocycles. The van der Waals surface area contributed by atoms with Crippen molar-refractivity contribution in [1.29, 1.82) is 0 Å². The van der Waals surface area contributed by atoms with E-state index in [-0.39, 0.29) is 11.6 Å². The van der Waals surface area contributed by atoms with Crippen molar-refractivity contribution in [3.8, 4) is 0 Å². The van der Waals surface area contributed by atoms with Gasteiger partial charge in [-0.2, -0.15) is 5.10 Å². The van der Waals surface area contributed by atoms with Gasteiger partial charge in [0.1, 0.15) is 12.2 Å². The van der Waals surface area contributed by atoms with Crippen LogP contribution in [0.4, 0.5) is 0 Å². The Morgan fingerprint density at radius 2 is 2.05 bits per heavy atom. The summed E-state index contributed by atoms with van der Waals surface area (Å²) >= 11 is 0. The third-order valence-electron chi connectivity index (χ3n) is 4.43. The molecular weight excluding hydrogens is 240 g/mol. The Balaban J connectivity index is 2.09. The molecule has 1 atom stereocenters. The molecule has 0 bridgehead atoms. The fourth-order valence-electron chi connectivity index (χ4n) is 3.15. The number of nitrogens with two attached hydrogens (primary N) is 1. The molecule has 1 aliphatic carbocycles. The van der Waals surface area contributed by atoms with Crippen LogP contribution in [-0.2, 0) is 17.7 Å². The molecule has 5 heteroatoms. The molecule has 0 spiro atoms. The molecule has 1 fully saturated rings. The molecular formula is C14H26N4O. The van der Waals surface area contributed by atoms with Gasteiger partial charge in [0.25, 0.3) is 0 Å². The minimum Gasteiger partial charge on any atom is -0.377 e. The first-order valence-corrected chi connectivity index (χ1v) is 7.39. The topological polar surface area (TPSA) is 66.0 Å². The molecule has 0 amide bonds. The smallest absolute Gasteiger partial charge is 0.138 e. The molecule has 0 radical (unpaired) electrons. The summed E-state index contributed by atoms with van der Waals surface area (Å²) in [6, 6.07) is -0.00917. The van der Waals surface area contributed by atoms with Gasteiger partial charge in [0.2, 0.25) is 0 Å². The molecule has 1 aromatic rings. The Kier molecular flexibility index (Phi) is 4.93. The van der Waals surface area contributed by atoms with Crippen molar-refractivity contribution in [1.82, 2.24) is 14.8 Å². The first kappa shape index (κ1) is 14.5. The van der Waals surface area contributed by atoms with E-state index in [0.29, 0.717) is 0 Å². The maximum absolute atomic E-state index is 6.47. The van der Waals surface area contributed by atoms with E-state index in [2.05, 4.69) is 17.0 Å². The lowest BCUT2D eigenvalue weighted by molar-refractivity contribution is -0.0436. The van der Waals surface area contributed by atoms with Gasteiger partial charge in [0.15, 0.2) is 0 Å². The number of nitrogens with zero attached hydrogens (tertiary/aromatic N) is 3. The number of aromatic nitrogens is 3. The summed E-state index contributed by atoms with van der Waals surface area (Å²) in [5, 5.41) is 4.21. The summed E-state index contributed by atoms with van der Waals surface area (Å²) in [4.78, 5) is 4.33. The first-order valence-electron chi connectivity index (χ1n) is 7.39. The molecule has 0 aliphatic heterocycles. The normalized spacial score (nSPS) is 21.0. The van der Waals surface area contributed by atoms with E-state index in [1.54, 1.807) is 13.4 Å². The molecule has 1 aliphatic rings. The average Bonchev–Trinajstić information content (AvgIpc) is 2.73. The van der Waals surface area contributed by atoms with Crippen LogP contribution in [0.15, 0.2) is 6.33 Å². The van der Waals surface area contributed by atoms with Crippen LogP contribution in [0, 0.1) is 0 Å². The Morgan fingerprint density at radius 3 is 2.63 bits per heavy atom. The number of ether oxygens (including phenoxy) is 1. The molecule has 0 aromatic carbocycles. The minimum atomic E-state index is -0.180. The van der Waals surface area contributed by atoms with Gasteiger partial charge in [-0.1, -0.05) is 25.7 Å². The van der Waals surface area contributed by atoms with Crippen LogP contribution in [0.2, 0.25) is 0 Å². The van der Waals surface area contributed by atoms with Gasteiger partial charge >= 0.3 is 0 Å². The Labute approximate surface area is 115 Å². The Hall–Kier alpha value is -0.940. The van der Waals surface area contributed by atoms with Gasteiger partial charge in [0.05, 0.1) is 5.60 Å². The highest BCUT2D eigenvalue weighted by molar-refractivity contribution is 4.99. The van der Waals surface area contributed by atoms with Gasteiger partial charge in [-0.25, -0.2) is 4.98 Å². The van der Waals surface area contributed by atoms with Crippen molar-refractivity contribution in [3.63, 3.8) is 0 Å². The summed E-state index contributed by atoms with van der Waals surface area (Å²) in [5.41, 5.74) is 6.29. The van der Waals surface area contributed by atoms with Crippen molar-refractivity contribution in [3.05, 3.63) is 12.2 Å². The maximum atomic E-state index is 6.47. The van der Waals surface area contributed by atoms with Crippen LogP contribution in [0.5, 0.6) is 0 Å². The number of rotatable bonds is 5. The largest absolute Gasteiger partial charge is 0.377 e. The third-order valence-corrected chi connectivity index (χ3v) is 4.43. The molecule has 1 unspecified atom stereocenters. The van der Waals surface area contributed by atoms with E-state index in [9.17, 15) is 0 Å². The number of methoxy groups -OCH3 is 1. The highest BCUT2D eigenvalue weighted by Gasteiger charge is 2.37. The minimum absolute atomic E-state index is 0.00917. The Bertz CT molecular complexity index is 383. The summed E-state index contributed by atoms with van der Waals surface area (Å²) in [6.07, 6.45) is 9.48. The van der Waals surface area contributed by atoms with Crippen molar-refractivity contribution in [2.45, 2.75) is 70.1 Å². The van der Waals surface area contributed by atoms with E-state index in [1.807, 2.05) is 4.68 Å². The lowest BCUT2D eigenvalue weighted by atomic mass is 9.84. The second kappa shape index (κ2) is 6.48. The molecule has 1 heterocycles. The quantitative estimate of drug-likeness (QED) is 0.827. The van der Waals surface area contributed by atoms with Crippen LogP contribution in [0.25, 0.3) is 0 Å². The van der Waals surface area contributed by atoms with Crippen molar-refractivity contribution in [2.75, 3.05) is 7.11 Å². The van der Waals surface area contributed by atoms with E-state index in [4.69, 9.17) is 10.5 Å². The average molecular weight is 266 g/mol. The highest BCUT2D eigenvalue weighted by Crippen LogP contribution is 2.33. The zero-order chi connectivity index (χ0) is 13.7. The SMILES string of the molecule is CCn1ncnc1CC(N)C1(OC)CCCCCC1. The van der Waals surface area contributed by atoms with E-state index in [1.165, 1.54) is 25.7 Å². The van der Waals surface area contributed by atoms with Crippen molar-refractivity contribution < 1.29 is 4.74 Å². The number of aryl methyl sites for hydroxylation is 1. The summed E-state index contributed by atoms with van der Waals surface area (Å²) in [5.74, 6) is 0.968. The molecule has 1 aromatic heterocycles. The maximum Gasteiger partial charge on any atom is 0.138 e. The molecule has 5 nitrogen and oxygen atoms in total. The first-order chi connectivity index (χ1) is 9.22. The molecule has 19 heavy (non-hydrogen) atoms. The number of hydrogen-bond donors (Lipinski definition) is 1. The van der Waals surface area contributed by atoms with Gasteiger partial charge in [0, 0.05) is 26.1 Å². The second-order valence-corrected chi connectivity index (χ2v) is 5.49. The molecule has 2 N–H and O–H groups in total. The zero-order valence-electron chi connectivity index (χ0n) is 12.1. The molecule has 1 saturated carbocycles. The highest BCUT2D eigenvalue weighted by atomic mass is 16.5. The summed E-state index contributed by atoms with van der Waals surface area (Å²) < 4.78 is 7.78. The fraction of sp³-hybridized carbons (Fsp3) is 0.857.